The third kappa shape index (κ3) is 6.19. The van der Waals surface area contributed by atoms with E-state index in [9.17, 15) is 0 Å². The van der Waals surface area contributed by atoms with Crippen LogP contribution >= 0.6 is 0 Å². The molecule has 2 aliphatic heterocycles. The maximum Gasteiger partial charge on any atom is 0.252 e. The monoisotopic (exact) mass is 792 g/mol. The first kappa shape index (κ1) is 36.5. The molecule has 0 unspecified atom stereocenters. The Bertz CT molecular complexity index is 3030. The molecule has 2 heterocycles. The van der Waals surface area contributed by atoms with Crippen molar-refractivity contribution < 1.29 is 0 Å². The summed E-state index contributed by atoms with van der Waals surface area (Å²) in [5, 5.41) is 0. The summed E-state index contributed by atoms with van der Waals surface area (Å²) < 4.78 is 0. The molecule has 0 spiro atoms. The second-order valence-electron chi connectivity index (χ2n) is 17.3. The Balaban J connectivity index is 1.15. The number of anilines is 6. The summed E-state index contributed by atoms with van der Waals surface area (Å²) in [5.74, 6) is 0. The van der Waals surface area contributed by atoms with Crippen LogP contribution in [0.4, 0.5) is 34.1 Å². The lowest BCUT2D eigenvalue weighted by Crippen LogP contribution is -2.61. The summed E-state index contributed by atoms with van der Waals surface area (Å²) in [6, 6.07) is 77.0. The van der Waals surface area contributed by atoms with Gasteiger partial charge >= 0.3 is 0 Å². The Labute approximate surface area is 365 Å². The van der Waals surface area contributed by atoms with Gasteiger partial charge in [-0.3, -0.25) is 0 Å². The molecule has 2 nitrogen and oxygen atoms in total. The zero-order valence-corrected chi connectivity index (χ0v) is 34.9. The minimum absolute atomic E-state index is 0.0725. The topological polar surface area (TPSA) is 6.48 Å². The lowest BCUT2D eigenvalue weighted by atomic mass is 9.33. The average molecular weight is 793 g/mol. The molecule has 3 aliphatic rings. The minimum atomic E-state index is 0.0725. The van der Waals surface area contributed by atoms with Crippen molar-refractivity contribution in [3.05, 3.63) is 223 Å². The summed E-state index contributed by atoms with van der Waals surface area (Å²) >= 11 is 0. The summed E-state index contributed by atoms with van der Waals surface area (Å²) in [7, 11) is 0. The standard InChI is InChI=1S/C59H45BN2/c1-40-30-57-59-58(31-40)62(52-36-49(43-22-10-4-11-23-43)33-50(37-52)44-24-12-5-13-25-44)56-39-46-27-15-14-26-45(46)38-54(56)60(59)53-28-16-17-29-55(53)61(57)51-34-47(41-18-6-2-7-19-41)32-48(35-51)42-20-8-3-9-21-42/h2-13,16-25,28-39H,14-15,26-27H2,1H3. The van der Waals surface area contributed by atoms with Crippen LogP contribution in [-0.4, -0.2) is 6.71 Å². The van der Waals surface area contributed by atoms with Crippen LogP contribution in [0.25, 0.3) is 44.5 Å². The molecule has 0 amide bonds. The van der Waals surface area contributed by atoms with E-state index in [4.69, 9.17) is 0 Å². The molecule has 0 N–H and O–H groups in total. The smallest absolute Gasteiger partial charge is 0.252 e. The van der Waals surface area contributed by atoms with Crippen molar-refractivity contribution in [1.82, 2.24) is 0 Å². The van der Waals surface area contributed by atoms with Gasteiger partial charge in [0, 0.05) is 34.1 Å². The maximum atomic E-state index is 2.62. The van der Waals surface area contributed by atoms with Gasteiger partial charge in [0.05, 0.1) is 0 Å². The number of para-hydroxylation sites is 1. The Morgan fingerprint density at radius 3 is 1.21 bits per heavy atom. The normalized spacial score (nSPS) is 13.5. The minimum Gasteiger partial charge on any atom is -0.311 e. The van der Waals surface area contributed by atoms with Crippen molar-refractivity contribution in [2.45, 2.75) is 32.6 Å². The second-order valence-corrected chi connectivity index (χ2v) is 17.3. The lowest BCUT2D eigenvalue weighted by Gasteiger charge is -2.45. The number of hydrogen-bond acceptors (Lipinski definition) is 2. The van der Waals surface area contributed by atoms with Crippen LogP contribution in [0.5, 0.6) is 0 Å². The van der Waals surface area contributed by atoms with Crippen molar-refractivity contribution >= 4 is 57.2 Å². The Kier molecular flexibility index (Phi) is 8.81. The average Bonchev–Trinajstić information content (AvgIpc) is 3.34. The van der Waals surface area contributed by atoms with Gasteiger partial charge in [0.15, 0.2) is 0 Å². The third-order valence-corrected chi connectivity index (χ3v) is 13.4. The molecule has 3 heteroatoms. The number of hydrogen-bond donors (Lipinski definition) is 0. The van der Waals surface area contributed by atoms with E-state index in [0.29, 0.717) is 0 Å². The molecular weight excluding hydrogens is 747 g/mol. The summed E-state index contributed by atoms with van der Waals surface area (Å²) in [6.07, 6.45) is 4.74. The fourth-order valence-electron chi connectivity index (χ4n) is 10.5. The molecule has 9 aromatic carbocycles. The van der Waals surface area contributed by atoms with Gasteiger partial charge in [-0.15, -0.1) is 0 Å². The van der Waals surface area contributed by atoms with Gasteiger partial charge in [0.2, 0.25) is 0 Å². The molecule has 0 aromatic heterocycles. The van der Waals surface area contributed by atoms with E-state index in [1.54, 1.807) is 0 Å². The lowest BCUT2D eigenvalue weighted by molar-refractivity contribution is 0.686. The van der Waals surface area contributed by atoms with Gasteiger partial charge in [0.25, 0.3) is 6.71 Å². The van der Waals surface area contributed by atoms with Crippen molar-refractivity contribution in [1.29, 1.82) is 0 Å². The SMILES string of the molecule is Cc1cc2c3c(c1)N(c1cc(-c4ccccc4)cc(-c4ccccc4)c1)c1cc4c(cc1B3c1ccccc1N2c1cc(-c2ccccc2)cc(-c2ccccc2)c1)CCCC4. The van der Waals surface area contributed by atoms with Crippen LogP contribution < -0.4 is 26.2 Å². The van der Waals surface area contributed by atoms with Crippen molar-refractivity contribution in [3.63, 3.8) is 0 Å². The van der Waals surface area contributed by atoms with Crippen LogP contribution in [0.1, 0.15) is 29.5 Å². The highest BCUT2D eigenvalue weighted by Gasteiger charge is 2.44. The van der Waals surface area contributed by atoms with Crippen LogP contribution in [0, 0.1) is 6.92 Å². The van der Waals surface area contributed by atoms with Gasteiger partial charge in [-0.2, -0.15) is 0 Å². The van der Waals surface area contributed by atoms with Gasteiger partial charge in [-0.05, 0) is 171 Å². The fraction of sp³-hybridized carbons (Fsp3) is 0.0847. The highest BCUT2D eigenvalue weighted by Crippen LogP contribution is 2.48. The summed E-state index contributed by atoms with van der Waals surface area (Å²) in [4.78, 5) is 5.18. The van der Waals surface area contributed by atoms with E-state index in [1.165, 1.54) is 119 Å². The molecule has 0 atom stereocenters. The van der Waals surface area contributed by atoms with Gasteiger partial charge in [-0.1, -0.05) is 146 Å². The largest absolute Gasteiger partial charge is 0.311 e. The number of aryl methyl sites for hydroxylation is 3. The quantitative estimate of drug-likeness (QED) is 0.155. The fourth-order valence-corrected chi connectivity index (χ4v) is 10.5. The Hall–Kier alpha value is -7.36. The summed E-state index contributed by atoms with van der Waals surface area (Å²) in [5.41, 5.74) is 25.4. The molecular formula is C59H45BN2. The number of benzene rings is 9. The van der Waals surface area contributed by atoms with Crippen molar-refractivity contribution in [3.8, 4) is 44.5 Å². The van der Waals surface area contributed by atoms with Gasteiger partial charge in [-0.25, -0.2) is 0 Å². The molecule has 0 saturated carbocycles. The predicted octanol–water partition coefficient (Wildman–Crippen LogP) is 13.6. The number of nitrogens with zero attached hydrogens (tertiary/aromatic N) is 2. The zero-order valence-electron chi connectivity index (χ0n) is 34.9. The number of fused-ring (bicyclic) bond motifs is 5. The molecule has 12 rings (SSSR count). The van der Waals surface area contributed by atoms with E-state index in [1.807, 2.05) is 0 Å². The molecule has 0 bridgehead atoms. The van der Waals surface area contributed by atoms with Gasteiger partial charge < -0.3 is 9.80 Å². The van der Waals surface area contributed by atoms with Crippen LogP contribution in [0.15, 0.2) is 206 Å². The molecule has 1 aliphatic carbocycles. The highest BCUT2D eigenvalue weighted by molar-refractivity contribution is 7.00. The van der Waals surface area contributed by atoms with Crippen LogP contribution in [0.2, 0.25) is 0 Å². The van der Waals surface area contributed by atoms with Gasteiger partial charge in [0.1, 0.15) is 0 Å². The molecule has 294 valence electrons. The molecule has 0 fully saturated rings. The third-order valence-electron chi connectivity index (χ3n) is 13.4. The molecule has 62 heavy (non-hydrogen) atoms. The first-order valence-corrected chi connectivity index (χ1v) is 22.2. The molecule has 0 saturated heterocycles. The zero-order chi connectivity index (χ0) is 41.1. The summed E-state index contributed by atoms with van der Waals surface area (Å²) in [6.45, 7) is 2.35. The Morgan fingerprint density at radius 1 is 0.339 bits per heavy atom. The van der Waals surface area contributed by atoms with E-state index in [2.05, 4.69) is 223 Å². The first-order valence-electron chi connectivity index (χ1n) is 22.2. The predicted molar refractivity (Wildman–Crippen MR) is 264 cm³/mol. The van der Waals surface area contributed by atoms with E-state index in [-0.39, 0.29) is 6.71 Å². The highest BCUT2D eigenvalue weighted by atomic mass is 15.2. The van der Waals surface area contributed by atoms with E-state index in [0.717, 1.165) is 18.5 Å². The van der Waals surface area contributed by atoms with Crippen LogP contribution in [0.3, 0.4) is 0 Å². The van der Waals surface area contributed by atoms with E-state index >= 15 is 0 Å². The Morgan fingerprint density at radius 2 is 0.742 bits per heavy atom. The molecule has 9 aromatic rings. The van der Waals surface area contributed by atoms with Crippen molar-refractivity contribution in [2.75, 3.05) is 9.80 Å². The van der Waals surface area contributed by atoms with Crippen molar-refractivity contribution in [2.24, 2.45) is 0 Å². The van der Waals surface area contributed by atoms with Crippen LogP contribution in [-0.2, 0) is 12.8 Å². The number of rotatable bonds is 6. The first-order chi connectivity index (χ1) is 30.6. The second kappa shape index (κ2) is 15.0. The molecule has 0 radical (unpaired) electrons. The van der Waals surface area contributed by atoms with E-state index < -0.39 is 0 Å². The maximum absolute atomic E-state index is 2.62.